The van der Waals surface area contributed by atoms with Crippen molar-refractivity contribution in [1.82, 2.24) is 9.80 Å². The number of nitrogens with zero attached hydrogens (tertiary/aromatic N) is 3. The Kier molecular flexibility index (Phi) is 5.46. The van der Waals surface area contributed by atoms with Crippen molar-refractivity contribution in [2.24, 2.45) is 0 Å². The molecule has 1 saturated heterocycles. The molecule has 0 aromatic carbocycles. The van der Waals surface area contributed by atoms with Crippen LogP contribution in [0.3, 0.4) is 0 Å². The fourth-order valence-electron chi connectivity index (χ4n) is 3.81. The molecule has 146 valence electrons. The third-order valence-electron chi connectivity index (χ3n) is 5.29. The molecule has 4 rings (SSSR count). The van der Waals surface area contributed by atoms with Crippen LogP contribution in [0.5, 0.6) is 0 Å². The molecule has 2 aliphatic rings. The van der Waals surface area contributed by atoms with Gasteiger partial charge < -0.3 is 14.6 Å². The number of carbonyl (C=O) groups excluding carboxylic acids is 2. The predicted molar refractivity (Wildman–Crippen MR) is 105 cm³/mol. The van der Waals surface area contributed by atoms with Crippen LogP contribution in [-0.2, 0) is 17.6 Å². The molecule has 8 heteroatoms. The molecular weight excluding hydrogens is 376 g/mol. The number of furan rings is 1. The van der Waals surface area contributed by atoms with Crippen LogP contribution in [0, 0.1) is 11.3 Å². The fraction of sp³-hybridized carbons (Fsp3) is 0.450. The van der Waals surface area contributed by atoms with E-state index in [9.17, 15) is 14.9 Å². The Hall–Kier alpha value is -2.63. The van der Waals surface area contributed by atoms with Crippen molar-refractivity contribution in [1.29, 1.82) is 5.26 Å². The van der Waals surface area contributed by atoms with E-state index in [2.05, 4.69) is 11.4 Å². The first kappa shape index (κ1) is 18.7. The van der Waals surface area contributed by atoms with Gasteiger partial charge in [-0.05, 0) is 43.4 Å². The van der Waals surface area contributed by atoms with Crippen molar-refractivity contribution in [3.05, 3.63) is 40.2 Å². The Morgan fingerprint density at radius 3 is 2.71 bits per heavy atom. The maximum atomic E-state index is 12.5. The zero-order valence-corrected chi connectivity index (χ0v) is 16.4. The van der Waals surface area contributed by atoms with Crippen molar-refractivity contribution >= 4 is 28.2 Å². The molecule has 2 aromatic heterocycles. The minimum atomic E-state index is -0.114. The van der Waals surface area contributed by atoms with Crippen LogP contribution >= 0.6 is 11.3 Å². The van der Waals surface area contributed by atoms with E-state index in [1.54, 1.807) is 28.4 Å². The first-order valence-corrected chi connectivity index (χ1v) is 10.4. The van der Waals surface area contributed by atoms with E-state index in [1.165, 1.54) is 11.1 Å². The predicted octanol–water partition coefficient (Wildman–Crippen LogP) is 2.49. The van der Waals surface area contributed by atoms with E-state index in [-0.39, 0.29) is 18.4 Å². The number of hydrogen-bond acceptors (Lipinski definition) is 6. The summed E-state index contributed by atoms with van der Waals surface area (Å²) in [4.78, 5) is 29.8. The van der Waals surface area contributed by atoms with Gasteiger partial charge in [0.05, 0.1) is 18.4 Å². The third-order valence-corrected chi connectivity index (χ3v) is 6.50. The second kappa shape index (κ2) is 8.17. The maximum absolute atomic E-state index is 12.5. The van der Waals surface area contributed by atoms with Gasteiger partial charge in [0.2, 0.25) is 5.91 Å². The lowest BCUT2D eigenvalue weighted by Crippen LogP contribution is -2.50. The summed E-state index contributed by atoms with van der Waals surface area (Å²) >= 11 is 1.54. The van der Waals surface area contributed by atoms with Crippen LogP contribution in [0.15, 0.2) is 22.8 Å². The number of nitrogens with one attached hydrogen (secondary N) is 1. The molecule has 0 radical (unpaired) electrons. The highest BCUT2D eigenvalue weighted by molar-refractivity contribution is 7.16. The van der Waals surface area contributed by atoms with Gasteiger partial charge in [-0.15, -0.1) is 11.3 Å². The van der Waals surface area contributed by atoms with E-state index in [4.69, 9.17) is 4.42 Å². The topological polar surface area (TPSA) is 89.6 Å². The van der Waals surface area contributed by atoms with Crippen molar-refractivity contribution < 1.29 is 14.0 Å². The summed E-state index contributed by atoms with van der Waals surface area (Å²) < 4.78 is 5.17. The van der Waals surface area contributed by atoms with Gasteiger partial charge in [-0.1, -0.05) is 0 Å². The molecule has 1 aliphatic carbocycles. The van der Waals surface area contributed by atoms with Gasteiger partial charge in [0, 0.05) is 31.1 Å². The minimum Gasteiger partial charge on any atom is -0.459 e. The van der Waals surface area contributed by atoms with Crippen LogP contribution in [0.2, 0.25) is 0 Å². The van der Waals surface area contributed by atoms with E-state index < -0.39 is 0 Å². The normalized spacial score (nSPS) is 17.0. The van der Waals surface area contributed by atoms with Gasteiger partial charge in [0.25, 0.3) is 5.91 Å². The smallest absolute Gasteiger partial charge is 0.289 e. The van der Waals surface area contributed by atoms with Crippen LogP contribution < -0.4 is 5.32 Å². The molecule has 0 unspecified atom stereocenters. The first-order valence-electron chi connectivity index (χ1n) is 9.55. The summed E-state index contributed by atoms with van der Waals surface area (Å²) in [5, 5.41) is 13.1. The zero-order valence-electron chi connectivity index (χ0n) is 15.6. The molecule has 0 bridgehead atoms. The zero-order chi connectivity index (χ0) is 19.5. The fourth-order valence-corrected chi connectivity index (χ4v) is 5.06. The molecule has 2 amide bonds. The van der Waals surface area contributed by atoms with Gasteiger partial charge in [-0.2, -0.15) is 5.26 Å². The number of rotatable bonds is 4. The summed E-state index contributed by atoms with van der Waals surface area (Å²) in [6.45, 7) is 2.64. The van der Waals surface area contributed by atoms with Gasteiger partial charge >= 0.3 is 0 Å². The largest absolute Gasteiger partial charge is 0.459 e. The molecular formula is C20H22N4O3S. The number of nitriles is 1. The lowest BCUT2D eigenvalue weighted by Gasteiger charge is -2.33. The molecule has 0 spiro atoms. The number of amides is 2. The molecule has 1 fully saturated rings. The summed E-state index contributed by atoms with van der Waals surface area (Å²) in [6.07, 6.45) is 5.66. The third kappa shape index (κ3) is 3.81. The Morgan fingerprint density at radius 1 is 1.21 bits per heavy atom. The summed E-state index contributed by atoms with van der Waals surface area (Å²) in [5.74, 6) is 0.120. The van der Waals surface area contributed by atoms with Gasteiger partial charge in [0.1, 0.15) is 11.1 Å². The first-order chi connectivity index (χ1) is 13.7. The Labute approximate surface area is 167 Å². The maximum Gasteiger partial charge on any atom is 0.289 e. The Balaban J connectivity index is 1.31. The number of anilines is 1. The van der Waals surface area contributed by atoms with E-state index in [0.29, 0.717) is 42.5 Å². The van der Waals surface area contributed by atoms with E-state index in [1.807, 2.05) is 4.90 Å². The van der Waals surface area contributed by atoms with Crippen molar-refractivity contribution in [3.63, 3.8) is 0 Å². The molecule has 3 heterocycles. The van der Waals surface area contributed by atoms with E-state index in [0.717, 1.165) is 31.2 Å². The number of thiophene rings is 1. The van der Waals surface area contributed by atoms with Crippen LogP contribution in [0.1, 0.15) is 39.4 Å². The number of piperazine rings is 1. The molecule has 1 N–H and O–H groups in total. The minimum absolute atomic E-state index is 0.110. The van der Waals surface area contributed by atoms with Crippen molar-refractivity contribution in [3.8, 4) is 6.07 Å². The molecule has 1 aliphatic heterocycles. The average Bonchev–Trinajstić information content (AvgIpc) is 3.35. The number of carbonyl (C=O) groups is 2. The summed E-state index contributed by atoms with van der Waals surface area (Å²) in [7, 11) is 0. The molecule has 28 heavy (non-hydrogen) atoms. The highest BCUT2D eigenvalue weighted by Gasteiger charge is 2.26. The average molecular weight is 398 g/mol. The second-order valence-electron chi connectivity index (χ2n) is 7.12. The lowest BCUT2D eigenvalue weighted by molar-refractivity contribution is -0.117. The number of fused-ring (bicyclic) bond motifs is 1. The van der Waals surface area contributed by atoms with Gasteiger partial charge in [-0.25, -0.2) is 0 Å². The van der Waals surface area contributed by atoms with Crippen LogP contribution in [-0.4, -0.2) is 54.3 Å². The molecule has 0 atom stereocenters. The second-order valence-corrected chi connectivity index (χ2v) is 8.23. The van der Waals surface area contributed by atoms with E-state index >= 15 is 0 Å². The standard InChI is InChI=1S/C20H22N4O3S/c21-12-15-14-4-1-2-6-17(14)28-19(15)22-18(25)13-23-7-9-24(10-8-23)20(26)16-5-3-11-27-16/h3,5,11H,1-2,4,6-10,13H2,(H,22,25). The monoisotopic (exact) mass is 398 g/mol. The van der Waals surface area contributed by atoms with Gasteiger partial charge in [-0.3, -0.25) is 14.5 Å². The summed E-state index contributed by atoms with van der Waals surface area (Å²) in [5.41, 5.74) is 1.76. The van der Waals surface area contributed by atoms with Crippen molar-refractivity contribution in [2.75, 3.05) is 38.0 Å². The highest BCUT2D eigenvalue weighted by atomic mass is 32.1. The SMILES string of the molecule is N#Cc1c(NC(=O)CN2CCN(C(=O)c3ccco3)CC2)sc2c1CCCC2. The highest BCUT2D eigenvalue weighted by Crippen LogP contribution is 2.37. The van der Waals surface area contributed by atoms with Crippen molar-refractivity contribution in [2.45, 2.75) is 25.7 Å². The molecule has 2 aromatic rings. The number of aryl methyl sites for hydroxylation is 1. The summed E-state index contributed by atoms with van der Waals surface area (Å²) in [6, 6.07) is 5.64. The number of hydrogen-bond donors (Lipinski definition) is 1. The quantitative estimate of drug-likeness (QED) is 0.855. The van der Waals surface area contributed by atoms with Gasteiger partial charge in [0.15, 0.2) is 5.76 Å². The Morgan fingerprint density at radius 2 is 2.00 bits per heavy atom. The Bertz CT molecular complexity index is 905. The molecule has 0 saturated carbocycles. The molecule has 7 nitrogen and oxygen atoms in total. The lowest BCUT2D eigenvalue weighted by atomic mass is 9.96. The van der Waals surface area contributed by atoms with Crippen LogP contribution in [0.4, 0.5) is 5.00 Å². The van der Waals surface area contributed by atoms with Crippen LogP contribution in [0.25, 0.3) is 0 Å².